The van der Waals surface area contributed by atoms with E-state index in [9.17, 15) is 17.6 Å². The Balaban J connectivity index is 2.65. The van der Waals surface area contributed by atoms with Crippen molar-refractivity contribution in [2.45, 2.75) is 117 Å². The van der Waals surface area contributed by atoms with Crippen molar-refractivity contribution in [1.82, 2.24) is 0 Å². The molecule has 0 aromatic heterocycles. The fourth-order valence-electron chi connectivity index (χ4n) is 4.61. The molecule has 0 amide bonds. The Bertz CT molecular complexity index is 682. The molecule has 0 aliphatic rings. The topological polar surface area (TPSA) is 27.7 Å². The minimum absolute atomic E-state index is 0.0891. The van der Waals surface area contributed by atoms with Crippen molar-refractivity contribution in [2.75, 3.05) is 19.8 Å². The van der Waals surface area contributed by atoms with Crippen molar-refractivity contribution in [1.29, 1.82) is 0 Å². The smallest absolute Gasteiger partial charge is 0.285 e. The minimum Gasteiger partial charge on any atom is -0.328 e. The van der Waals surface area contributed by atoms with Gasteiger partial charge in [-0.2, -0.15) is 0 Å². The van der Waals surface area contributed by atoms with Gasteiger partial charge in [-0.25, -0.2) is 17.6 Å². The second-order valence-electron chi connectivity index (χ2n) is 9.07. The van der Waals surface area contributed by atoms with Gasteiger partial charge in [-0.05, 0) is 58.1 Å². The summed E-state index contributed by atoms with van der Waals surface area (Å²) in [4.78, 5) is 0. The largest absolute Gasteiger partial charge is 0.328 e. The van der Waals surface area contributed by atoms with Gasteiger partial charge in [-0.1, -0.05) is 64.7 Å². The van der Waals surface area contributed by atoms with E-state index in [0.29, 0.717) is 26.2 Å². The Morgan fingerprint density at radius 1 is 0.629 bits per heavy atom. The SMILES string of the molecule is CCCCCCCCC(CCCCCCc1cc(F)c(F)c(F)c1F)C(OCC)(OCC)OCC. The Hall–Kier alpha value is -1.18. The van der Waals surface area contributed by atoms with E-state index in [1.54, 1.807) is 0 Å². The summed E-state index contributed by atoms with van der Waals surface area (Å²) in [5.74, 6) is -7.10. The van der Waals surface area contributed by atoms with Gasteiger partial charge >= 0.3 is 0 Å². The average molecular weight is 507 g/mol. The molecular weight excluding hydrogens is 460 g/mol. The van der Waals surface area contributed by atoms with Crippen molar-refractivity contribution < 1.29 is 31.8 Å². The fourth-order valence-corrected chi connectivity index (χ4v) is 4.61. The monoisotopic (exact) mass is 506 g/mol. The van der Waals surface area contributed by atoms with E-state index in [2.05, 4.69) is 6.92 Å². The van der Waals surface area contributed by atoms with E-state index in [1.165, 1.54) is 32.1 Å². The Labute approximate surface area is 209 Å². The van der Waals surface area contributed by atoms with Crippen LogP contribution in [0.2, 0.25) is 0 Å². The van der Waals surface area contributed by atoms with Crippen LogP contribution in [0, 0.1) is 29.2 Å². The molecule has 0 heterocycles. The van der Waals surface area contributed by atoms with Crippen LogP contribution in [0.25, 0.3) is 0 Å². The average Bonchev–Trinajstić information content (AvgIpc) is 2.84. The first-order chi connectivity index (χ1) is 16.9. The second kappa shape index (κ2) is 18.1. The molecule has 1 rings (SSSR count). The van der Waals surface area contributed by atoms with Gasteiger partial charge in [-0.15, -0.1) is 0 Å². The van der Waals surface area contributed by atoms with Gasteiger partial charge in [0, 0.05) is 25.7 Å². The van der Waals surface area contributed by atoms with Crippen LogP contribution in [-0.2, 0) is 20.6 Å². The summed E-state index contributed by atoms with van der Waals surface area (Å²) in [5.41, 5.74) is -0.120. The van der Waals surface area contributed by atoms with Gasteiger partial charge in [0.1, 0.15) is 0 Å². The molecule has 0 fully saturated rings. The van der Waals surface area contributed by atoms with E-state index in [1.807, 2.05) is 20.8 Å². The molecule has 1 aromatic rings. The molecule has 0 bridgehead atoms. The highest BCUT2D eigenvalue weighted by Crippen LogP contribution is 2.34. The molecule has 0 saturated carbocycles. The van der Waals surface area contributed by atoms with E-state index < -0.39 is 29.2 Å². The normalized spacial score (nSPS) is 12.9. The van der Waals surface area contributed by atoms with Gasteiger partial charge in [0.05, 0.1) is 0 Å². The third-order valence-corrected chi connectivity index (χ3v) is 6.37. The maximum atomic E-state index is 13.9. The summed E-state index contributed by atoms with van der Waals surface area (Å²) in [6.07, 6.45) is 12.3. The lowest BCUT2D eigenvalue weighted by Gasteiger charge is -2.39. The van der Waals surface area contributed by atoms with E-state index in [0.717, 1.165) is 44.6 Å². The van der Waals surface area contributed by atoms with Gasteiger partial charge in [0.25, 0.3) is 5.97 Å². The van der Waals surface area contributed by atoms with Crippen LogP contribution in [0.4, 0.5) is 17.6 Å². The maximum Gasteiger partial charge on any atom is 0.285 e. The van der Waals surface area contributed by atoms with E-state index >= 15 is 0 Å². The number of unbranched alkanes of at least 4 members (excludes halogenated alkanes) is 8. The summed E-state index contributed by atoms with van der Waals surface area (Å²) < 4.78 is 72.0. The molecule has 0 N–H and O–H groups in total. The van der Waals surface area contributed by atoms with E-state index in [4.69, 9.17) is 14.2 Å². The highest BCUT2D eigenvalue weighted by atomic mass is 19.2. The van der Waals surface area contributed by atoms with E-state index in [-0.39, 0.29) is 17.9 Å². The number of benzene rings is 1. The van der Waals surface area contributed by atoms with Crippen molar-refractivity contribution >= 4 is 0 Å². The quantitative estimate of drug-likeness (QED) is 0.0548. The molecule has 0 aliphatic carbocycles. The molecule has 0 radical (unpaired) electrons. The minimum atomic E-state index is -1.76. The number of rotatable bonds is 21. The van der Waals surface area contributed by atoms with Crippen LogP contribution in [0.1, 0.15) is 110 Å². The predicted octanol–water partition coefficient (Wildman–Crippen LogP) is 8.87. The van der Waals surface area contributed by atoms with Gasteiger partial charge < -0.3 is 14.2 Å². The molecule has 0 aliphatic heterocycles. The number of halogens is 4. The summed E-state index contributed by atoms with van der Waals surface area (Å²) >= 11 is 0. The number of ether oxygens (including phenoxy) is 3. The van der Waals surface area contributed by atoms with Gasteiger partial charge in [0.2, 0.25) is 0 Å². The lowest BCUT2D eigenvalue weighted by atomic mass is 9.91. The highest BCUT2D eigenvalue weighted by molar-refractivity contribution is 5.21. The molecule has 1 unspecified atom stereocenters. The first-order valence-corrected chi connectivity index (χ1v) is 13.6. The zero-order valence-electron chi connectivity index (χ0n) is 22.2. The third-order valence-electron chi connectivity index (χ3n) is 6.37. The fraction of sp³-hybridized carbons (Fsp3) is 0.786. The molecule has 7 heteroatoms. The standard InChI is InChI=1S/C28H46F4O3/c1-5-9-10-11-12-16-19-23(28(33-6-2,34-7-3)35-8-4)20-17-14-13-15-18-22-21-24(29)26(31)27(32)25(22)30/h21,23H,5-20H2,1-4H3. The van der Waals surface area contributed by atoms with Crippen molar-refractivity contribution in [3.05, 3.63) is 34.9 Å². The zero-order chi connectivity index (χ0) is 26.1. The van der Waals surface area contributed by atoms with Crippen LogP contribution < -0.4 is 0 Å². The van der Waals surface area contributed by atoms with Crippen LogP contribution in [-0.4, -0.2) is 25.8 Å². The molecule has 0 spiro atoms. The molecule has 3 nitrogen and oxygen atoms in total. The number of aryl methyl sites for hydroxylation is 1. The van der Waals surface area contributed by atoms with Crippen LogP contribution in [0.5, 0.6) is 0 Å². The van der Waals surface area contributed by atoms with Gasteiger partial charge in [-0.3, -0.25) is 0 Å². The lowest BCUT2D eigenvalue weighted by molar-refractivity contribution is -0.403. The summed E-state index contributed by atoms with van der Waals surface area (Å²) in [6.45, 7) is 9.50. The van der Waals surface area contributed by atoms with Crippen LogP contribution in [0.3, 0.4) is 0 Å². The van der Waals surface area contributed by atoms with Crippen molar-refractivity contribution in [3.63, 3.8) is 0 Å². The molecule has 1 atom stereocenters. The molecule has 1 aromatic carbocycles. The molecule has 0 saturated heterocycles. The summed E-state index contributed by atoms with van der Waals surface area (Å²) in [5, 5.41) is 0. The Morgan fingerprint density at radius 3 is 1.63 bits per heavy atom. The maximum absolute atomic E-state index is 13.9. The first kappa shape index (κ1) is 31.8. The highest BCUT2D eigenvalue weighted by Gasteiger charge is 2.41. The Morgan fingerprint density at radius 2 is 1.11 bits per heavy atom. The number of hydrogen-bond donors (Lipinski definition) is 0. The van der Waals surface area contributed by atoms with Gasteiger partial charge in [0.15, 0.2) is 23.3 Å². The Kier molecular flexibility index (Phi) is 16.5. The summed E-state index contributed by atoms with van der Waals surface area (Å²) in [7, 11) is 0. The lowest BCUT2D eigenvalue weighted by Crippen LogP contribution is -2.46. The summed E-state index contributed by atoms with van der Waals surface area (Å²) in [6, 6.07) is 0.755. The molecular formula is C28H46F4O3. The van der Waals surface area contributed by atoms with Crippen LogP contribution in [0.15, 0.2) is 6.07 Å². The zero-order valence-corrected chi connectivity index (χ0v) is 22.2. The molecule has 35 heavy (non-hydrogen) atoms. The first-order valence-electron chi connectivity index (χ1n) is 13.6. The van der Waals surface area contributed by atoms with Crippen LogP contribution >= 0.6 is 0 Å². The van der Waals surface area contributed by atoms with Crippen molar-refractivity contribution in [2.24, 2.45) is 5.92 Å². The number of hydrogen-bond acceptors (Lipinski definition) is 3. The second-order valence-corrected chi connectivity index (χ2v) is 9.07. The molecule has 204 valence electrons. The third kappa shape index (κ3) is 10.8. The van der Waals surface area contributed by atoms with Crippen molar-refractivity contribution in [3.8, 4) is 0 Å². The predicted molar refractivity (Wildman–Crippen MR) is 132 cm³/mol.